The number of amides is 3. The van der Waals surface area contributed by atoms with Gasteiger partial charge in [-0.3, -0.25) is 9.59 Å². The highest BCUT2D eigenvalue weighted by atomic mass is 16.4. The Labute approximate surface area is 122 Å². The number of anilines is 1. The Morgan fingerprint density at radius 2 is 1.71 bits per heavy atom. The van der Waals surface area contributed by atoms with Crippen LogP contribution in [0.1, 0.15) is 31.1 Å². The summed E-state index contributed by atoms with van der Waals surface area (Å²) in [6.07, 6.45) is 0. The molecule has 0 atom stereocenters. The van der Waals surface area contributed by atoms with Gasteiger partial charge in [-0.05, 0) is 45.0 Å². The molecule has 0 radical (unpaired) electrons. The van der Waals surface area contributed by atoms with Gasteiger partial charge in [0.2, 0.25) is 5.91 Å². The van der Waals surface area contributed by atoms with Crippen LogP contribution < -0.4 is 11.1 Å². The van der Waals surface area contributed by atoms with Crippen molar-refractivity contribution in [3.63, 3.8) is 0 Å². The summed E-state index contributed by atoms with van der Waals surface area (Å²) in [5.74, 6) is -1.65. The van der Waals surface area contributed by atoms with Crippen LogP contribution in [0.15, 0.2) is 24.3 Å². The zero-order valence-electron chi connectivity index (χ0n) is 12.2. The Hall–Kier alpha value is -2.57. The molecule has 0 saturated carbocycles. The minimum Gasteiger partial charge on any atom is -0.480 e. The minimum atomic E-state index is -1.09. The number of urea groups is 1. The van der Waals surface area contributed by atoms with E-state index in [-0.39, 0.29) is 0 Å². The van der Waals surface area contributed by atoms with Gasteiger partial charge >= 0.3 is 12.0 Å². The van der Waals surface area contributed by atoms with Crippen molar-refractivity contribution in [2.45, 2.75) is 26.3 Å². The molecule has 7 heteroatoms. The average Bonchev–Trinajstić information content (AvgIpc) is 2.35. The Morgan fingerprint density at radius 1 is 1.19 bits per heavy atom. The fourth-order valence-electron chi connectivity index (χ4n) is 1.66. The number of carboxylic acids is 1. The minimum absolute atomic E-state index is 0.325. The van der Waals surface area contributed by atoms with Gasteiger partial charge in [-0.15, -0.1) is 0 Å². The predicted molar refractivity (Wildman–Crippen MR) is 78.1 cm³/mol. The molecule has 114 valence electrons. The lowest BCUT2D eigenvalue weighted by Gasteiger charge is -2.34. The molecule has 0 bridgehead atoms. The quantitative estimate of drug-likeness (QED) is 0.780. The van der Waals surface area contributed by atoms with Gasteiger partial charge in [0.25, 0.3) is 0 Å². The maximum absolute atomic E-state index is 12.2. The number of carbonyl (C=O) groups is 3. The van der Waals surface area contributed by atoms with Crippen molar-refractivity contribution in [2.75, 3.05) is 11.9 Å². The van der Waals surface area contributed by atoms with Gasteiger partial charge in [0.1, 0.15) is 6.54 Å². The van der Waals surface area contributed by atoms with Crippen molar-refractivity contribution >= 4 is 23.6 Å². The van der Waals surface area contributed by atoms with Crippen molar-refractivity contribution in [3.05, 3.63) is 29.8 Å². The second kappa shape index (κ2) is 6.25. The van der Waals surface area contributed by atoms with Crippen LogP contribution in [0.4, 0.5) is 10.5 Å². The van der Waals surface area contributed by atoms with E-state index in [1.165, 1.54) is 29.2 Å². The van der Waals surface area contributed by atoms with E-state index in [1.807, 2.05) is 0 Å². The van der Waals surface area contributed by atoms with Gasteiger partial charge in [0.05, 0.1) is 0 Å². The number of nitrogens with two attached hydrogens (primary N) is 1. The van der Waals surface area contributed by atoms with E-state index < -0.39 is 30.0 Å². The summed E-state index contributed by atoms with van der Waals surface area (Å²) in [4.78, 5) is 35.2. The smallest absolute Gasteiger partial charge is 0.323 e. The fourth-order valence-corrected chi connectivity index (χ4v) is 1.66. The summed E-state index contributed by atoms with van der Waals surface area (Å²) in [6, 6.07) is 5.49. The lowest BCUT2D eigenvalue weighted by atomic mass is 10.1. The fraction of sp³-hybridized carbons (Fsp3) is 0.357. The molecule has 0 fully saturated rings. The third-order valence-electron chi connectivity index (χ3n) is 2.77. The van der Waals surface area contributed by atoms with Crippen LogP contribution in [-0.2, 0) is 4.79 Å². The molecule has 3 amide bonds. The highest BCUT2D eigenvalue weighted by Gasteiger charge is 2.28. The summed E-state index contributed by atoms with van der Waals surface area (Å²) in [5.41, 5.74) is 5.26. The molecule has 0 saturated heterocycles. The van der Waals surface area contributed by atoms with E-state index in [9.17, 15) is 14.4 Å². The zero-order valence-corrected chi connectivity index (χ0v) is 12.2. The molecule has 7 nitrogen and oxygen atoms in total. The van der Waals surface area contributed by atoms with Crippen LogP contribution in [0.5, 0.6) is 0 Å². The molecule has 1 aromatic carbocycles. The van der Waals surface area contributed by atoms with Crippen molar-refractivity contribution in [1.29, 1.82) is 0 Å². The third kappa shape index (κ3) is 4.79. The highest BCUT2D eigenvalue weighted by Crippen LogP contribution is 2.16. The molecular weight excluding hydrogens is 274 g/mol. The first-order valence-electron chi connectivity index (χ1n) is 6.31. The number of rotatable bonds is 4. The second-order valence-corrected chi connectivity index (χ2v) is 5.52. The number of nitrogens with one attached hydrogen (secondary N) is 1. The maximum Gasteiger partial charge on any atom is 0.323 e. The SMILES string of the molecule is CC(C)(C)N(CC(=O)O)C(=O)Nc1ccc(C(N)=O)cc1. The first kappa shape index (κ1) is 16.5. The van der Waals surface area contributed by atoms with Crippen LogP contribution in [0.25, 0.3) is 0 Å². The summed E-state index contributed by atoms with van der Waals surface area (Å²) < 4.78 is 0. The van der Waals surface area contributed by atoms with E-state index in [1.54, 1.807) is 20.8 Å². The normalized spacial score (nSPS) is 10.8. The summed E-state index contributed by atoms with van der Waals surface area (Å²) >= 11 is 0. The Bertz CT molecular complexity index is 546. The van der Waals surface area contributed by atoms with Gasteiger partial charge in [-0.2, -0.15) is 0 Å². The second-order valence-electron chi connectivity index (χ2n) is 5.52. The highest BCUT2D eigenvalue weighted by molar-refractivity contribution is 5.95. The average molecular weight is 293 g/mol. The van der Waals surface area contributed by atoms with Crippen molar-refractivity contribution < 1.29 is 19.5 Å². The monoisotopic (exact) mass is 293 g/mol. The molecule has 0 spiro atoms. The summed E-state index contributed by atoms with van der Waals surface area (Å²) in [7, 11) is 0. The summed E-state index contributed by atoms with van der Waals surface area (Å²) in [5, 5.41) is 11.5. The number of carbonyl (C=O) groups excluding carboxylic acids is 2. The van der Waals surface area contributed by atoms with E-state index in [0.29, 0.717) is 11.3 Å². The Morgan fingerprint density at radius 3 is 2.10 bits per heavy atom. The van der Waals surface area contributed by atoms with Crippen LogP contribution in [-0.4, -0.2) is 40.0 Å². The number of nitrogens with zero attached hydrogens (tertiary/aromatic N) is 1. The standard InChI is InChI=1S/C14H19N3O4/c1-14(2,3)17(8-11(18)19)13(21)16-10-6-4-9(5-7-10)12(15)20/h4-7H,8H2,1-3H3,(H2,15,20)(H,16,21)(H,18,19). The van der Waals surface area contributed by atoms with Gasteiger partial charge in [-0.1, -0.05) is 0 Å². The lowest BCUT2D eigenvalue weighted by molar-refractivity contribution is -0.138. The van der Waals surface area contributed by atoms with Gasteiger partial charge < -0.3 is 21.1 Å². The molecule has 1 aromatic rings. The summed E-state index contributed by atoms with van der Waals surface area (Å²) in [6.45, 7) is 4.82. The van der Waals surface area contributed by atoms with E-state index >= 15 is 0 Å². The molecule has 0 aliphatic carbocycles. The van der Waals surface area contributed by atoms with Gasteiger partial charge in [0, 0.05) is 16.8 Å². The number of primary amides is 1. The van der Waals surface area contributed by atoms with Crippen LogP contribution in [0.3, 0.4) is 0 Å². The number of benzene rings is 1. The van der Waals surface area contributed by atoms with Crippen LogP contribution >= 0.6 is 0 Å². The Kier molecular flexibility index (Phi) is 4.91. The van der Waals surface area contributed by atoms with Crippen molar-refractivity contribution in [3.8, 4) is 0 Å². The van der Waals surface area contributed by atoms with Crippen LogP contribution in [0.2, 0.25) is 0 Å². The molecule has 0 heterocycles. The van der Waals surface area contributed by atoms with Gasteiger partial charge in [-0.25, -0.2) is 4.79 Å². The number of hydrogen-bond acceptors (Lipinski definition) is 3. The lowest BCUT2D eigenvalue weighted by Crippen LogP contribution is -2.50. The first-order valence-corrected chi connectivity index (χ1v) is 6.31. The van der Waals surface area contributed by atoms with E-state index in [2.05, 4.69) is 5.32 Å². The molecule has 21 heavy (non-hydrogen) atoms. The van der Waals surface area contributed by atoms with Crippen LogP contribution in [0, 0.1) is 0 Å². The van der Waals surface area contributed by atoms with Crippen molar-refractivity contribution in [1.82, 2.24) is 4.90 Å². The molecule has 0 aliphatic heterocycles. The molecule has 0 aromatic heterocycles. The molecular formula is C14H19N3O4. The van der Waals surface area contributed by atoms with E-state index in [0.717, 1.165) is 0 Å². The van der Waals surface area contributed by atoms with E-state index in [4.69, 9.17) is 10.8 Å². The number of aliphatic carboxylic acids is 1. The Balaban J connectivity index is 2.86. The predicted octanol–water partition coefficient (Wildman–Crippen LogP) is 1.50. The van der Waals surface area contributed by atoms with Crippen molar-refractivity contribution in [2.24, 2.45) is 5.73 Å². The molecule has 0 aliphatic rings. The zero-order chi connectivity index (χ0) is 16.2. The topological polar surface area (TPSA) is 113 Å². The first-order chi connectivity index (χ1) is 9.61. The largest absolute Gasteiger partial charge is 0.480 e. The van der Waals surface area contributed by atoms with Gasteiger partial charge in [0.15, 0.2) is 0 Å². The molecule has 0 unspecified atom stereocenters. The third-order valence-corrected chi connectivity index (χ3v) is 2.77. The molecule has 4 N–H and O–H groups in total. The molecule has 1 rings (SSSR count). The number of carboxylic acid groups (broad SMARTS) is 1. The maximum atomic E-state index is 12.2. The number of hydrogen-bond donors (Lipinski definition) is 3.